The van der Waals surface area contributed by atoms with Crippen molar-refractivity contribution >= 4 is 5.65 Å². The van der Waals surface area contributed by atoms with Gasteiger partial charge in [0.05, 0.1) is 0 Å². The van der Waals surface area contributed by atoms with E-state index in [1.54, 1.807) is 6.33 Å². The molecule has 5 nitrogen and oxygen atoms in total. The first-order chi connectivity index (χ1) is 7.74. The largest absolute Gasteiger partial charge is 0.327 e. The molecule has 2 aromatic rings. The Morgan fingerprint density at radius 3 is 3.06 bits per heavy atom. The summed E-state index contributed by atoms with van der Waals surface area (Å²) in [5, 5.41) is 8.31. The van der Waals surface area contributed by atoms with Crippen LogP contribution < -0.4 is 5.73 Å². The molecule has 5 heteroatoms. The number of fused-ring (bicyclic) bond motifs is 1. The Hall–Kier alpha value is -1.49. The fourth-order valence-corrected chi connectivity index (χ4v) is 1.98. The molecular formula is C11H15N5. The molecule has 0 aliphatic heterocycles. The van der Waals surface area contributed by atoms with Crippen molar-refractivity contribution < 1.29 is 0 Å². The van der Waals surface area contributed by atoms with E-state index in [4.69, 9.17) is 5.73 Å². The zero-order chi connectivity index (χ0) is 11.1. The summed E-state index contributed by atoms with van der Waals surface area (Å²) in [7, 11) is 0. The molecule has 0 spiro atoms. The smallest absolute Gasteiger partial charge is 0.163 e. The molecule has 1 fully saturated rings. The van der Waals surface area contributed by atoms with E-state index in [1.807, 2.05) is 17.4 Å². The second-order valence-electron chi connectivity index (χ2n) is 4.58. The first-order valence-corrected chi connectivity index (χ1v) is 5.66. The van der Waals surface area contributed by atoms with E-state index in [0.717, 1.165) is 23.6 Å². The number of rotatable bonds is 3. The van der Waals surface area contributed by atoms with Gasteiger partial charge in [-0.05, 0) is 25.7 Å². The first-order valence-electron chi connectivity index (χ1n) is 5.66. The van der Waals surface area contributed by atoms with Gasteiger partial charge < -0.3 is 5.73 Å². The molecule has 0 amide bonds. The van der Waals surface area contributed by atoms with Gasteiger partial charge in [0, 0.05) is 24.2 Å². The summed E-state index contributed by atoms with van der Waals surface area (Å²) in [6, 6.07) is 2.15. The van der Waals surface area contributed by atoms with Gasteiger partial charge >= 0.3 is 0 Å². The molecule has 0 bridgehead atoms. The third-order valence-corrected chi connectivity index (χ3v) is 3.15. The molecule has 2 heterocycles. The van der Waals surface area contributed by atoms with Gasteiger partial charge in [0.1, 0.15) is 12.2 Å². The van der Waals surface area contributed by atoms with Gasteiger partial charge in [-0.25, -0.2) is 4.98 Å². The quantitative estimate of drug-likeness (QED) is 0.822. The van der Waals surface area contributed by atoms with Crippen molar-refractivity contribution in [2.75, 3.05) is 0 Å². The zero-order valence-corrected chi connectivity index (χ0v) is 9.30. The number of hydrogen-bond donors (Lipinski definition) is 1. The van der Waals surface area contributed by atoms with Crippen LogP contribution in [0.15, 0.2) is 12.4 Å². The average molecular weight is 217 g/mol. The lowest BCUT2D eigenvalue weighted by Gasteiger charge is -2.07. The summed E-state index contributed by atoms with van der Waals surface area (Å²) in [6.07, 6.45) is 5.08. The van der Waals surface area contributed by atoms with E-state index < -0.39 is 0 Å². The lowest BCUT2D eigenvalue weighted by Crippen LogP contribution is -2.26. The second kappa shape index (κ2) is 3.52. The molecule has 2 aromatic heterocycles. The van der Waals surface area contributed by atoms with Gasteiger partial charge in [-0.15, -0.1) is 10.2 Å². The van der Waals surface area contributed by atoms with E-state index in [2.05, 4.69) is 15.2 Å². The summed E-state index contributed by atoms with van der Waals surface area (Å²) in [5.41, 5.74) is 7.90. The maximum atomic E-state index is 6.09. The molecule has 16 heavy (non-hydrogen) atoms. The van der Waals surface area contributed by atoms with Crippen LogP contribution in [-0.4, -0.2) is 25.6 Å². The Kier molecular flexibility index (Phi) is 2.14. The number of nitrogens with zero attached hydrogens (tertiary/aromatic N) is 4. The summed E-state index contributed by atoms with van der Waals surface area (Å²) in [5.74, 6) is 1.60. The van der Waals surface area contributed by atoms with Crippen molar-refractivity contribution in [2.24, 2.45) is 11.7 Å². The molecule has 0 radical (unpaired) electrons. The summed E-state index contributed by atoms with van der Waals surface area (Å²) >= 11 is 0. The van der Waals surface area contributed by atoms with E-state index in [-0.39, 0.29) is 6.04 Å². The van der Waals surface area contributed by atoms with Crippen LogP contribution >= 0.6 is 0 Å². The Balaban J connectivity index is 1.91. The van der Waals surface area contributed by atoms with Crippen molar-refractivity contribution in [1.82, 2.24) is 19.6 Å². The second-order valence-corrected chi connectivity index (χ2v) is 4.58. The lowest BCUT2D eigenvalue weighted by molar-refractivity contribution is 0.571. The number of aryl methyl sites for hydroxylation is 1. The maximum absolute atomic E-state index is 6.09. The van der Waals surface area contributed by atoms with Crippen molar-refractivity contribution in [2.45, 2.75) is 32.2 Å². The Bertz CT molecular complexity index is 514. The average Bonchev–Trinajstić information content (AvgIpc) is 3.03. The van der Waals surface area contributed by atoms with Gasteiger partial charge in [0.25, 0.3) is 0 Å². The predicted octanol–water partition coefficient (Wildman–Crippen LogP) is 0.713. The van der Waals surface area contributed by atoms with Crippen LogP contribution in [0.4, 0.5) is 0 Å². The predicted molar refractivity (Wildman–Crippen MR) is 59.9 cm³/mol. The highest BCUT2D eigenvalue weighted by Gasteiger charge is 2.29. The van der Waals surface area contributed by atoms with Crippen LogP contribution in [0.1, 0.15) is 24.4 Å². The maximum Gasteiger partial charge on any atom is 0.163 e. The van der Waals surface area contributed by atoms with E-state index >= 15 is 0 Å². The molecule has 1 aliphatic rings. The van der Waals surface area contributed by atoms with E-state index in [9.17, 15) is 0 Å². The Labute approximate surface area is 93.7 Å². The Morgan fingerprint density at radius 1 is 1.50 bits per heavy atom. The SMILES string of the molecule is Cc1cc2nnc(CC(N)C3CC3)n2cn1. The van der Waals surface area contributed by atoms with Crippen LogP contribution in [0.2, 0.25) is 0 Å². The highest BCUT2D eigenvalue weighted by molar-refractivity contribution is 5.38. The van der Waals surface area contributed by atoms with Crippen LogP contribution in [-0.2, 0) is 6.42 Å². The number of aromatic nitrogens is 4. The van der Waals surface area contributed by atoms with Crippen LogP contribution in [0.3, 0.4) is 0 Å². The van der Waals surface area contributed by atoms with Gasteiger partial charge in [0.2, 0.25) is 0 Å². The molecule has 1 atom stereocenters. The molecule has 0 saturated heterocycles. The minimum Gasteiger partial charge on any atom is -0.327 e. The highest BCUT2D eigenvalue weighted by Crippen LogP contribution is 2.32. The third-order valence-electron chi connectivity index (χ3n) is 3.15. The van der Waals surface area contributed by atoms with Crippen molar-refractivity contribution in [1.29, 1.82) is 0 Å². The van der Waals surface area contributed by atoms with Crippen molar-refractivity contribution in [3.63, 3.8) is 0 Å². The fraction of sp³-hybridized carbons (Fsp3) is 0.545. The first kappa shape index (κ1) is 9.72. The molecule has 2 N–H and O–H groups in total. The lowest BCUT2D eigenvalue weighted by atomic mass is 10.1. The van der Waals surface area contributed by atoms with E-state index in [0.29, 0.717) is 5.92 Å². The molecule has 1 unspecified atom stereocenters. The summed E-state index contributed by atoms with van der Waals surface area (Å²) in [4.78, 5) is 4.25. The van der Waals surface area contributed by atoms with Crippen LogP contribution in [0.25, 0.3) is 5.65 Å². The molecule has 84 valence electrons. The van der Waals surface area contributed by atoms with E-state index in [1.165, 1.54) is 12.8 Å². The summed E-state index contributed by atoms with van der Waals surface area (Å²) < 4.78 is 1.93. The Morgan fingerprint density at radius 2 is 2.31 bits per heavy atom. The van der Waals surface area contributed by atoms with Crippen molar-refractivity contribution in [3.8, 4) is 0 Å². The van der Waals surface area contributed by atoms with Gasteiger partial charge in [-0.1, -0.05) is 0 Å². The highest BCUT2D eigenvalue weighted by atomic mass is 15.3. The van der Waals surface area contributed by atoms with Gasteiger partial charge in [-0.2, -0.15) is 0 Å². The van der Waals surface area contributed by atoms with Crippen molar-refractivity contribution in [3.05, 3.63) is 23.9 Å². The monoisotopic (exact) mass is 217 g/mol. The zero-order valence-electron chi connectivity index (χ0n) is 9.30. The number of nitrogens with two attached hydrogens (primary N) is 1. The normalized spacial score (nSPS) is 17.9. The van der Waals surface area contributed by atoms with Crippen LogP contribution in [0, 0.1) is 12.8 Å². The van der Waals surface area contributed by atoms with Gasteiger partial charge in [0.15, 0.2) is 5.65 Å². The third kappa shape index (κ3) is 1.67. The minimum atomic E-state index is 0.216. The minimum absolute atomic E-state index is 0.216. The topological polar surface area (TPSA) is 69.1 Å². The molecule has 3 rings (SSSR count). The number of hydrogen-bond acceptors (Lipinski definition) is 4. The molecule has 1 aliphatic carbocycles. The molecule has 1 saturated carbocycles. The van der Waals surface area contributed by atoms with Gasteiger partial charge in [-0.3, -0.25) is 4.40 Å². The molecule has 0 aromatic carbocycles. The standard InChI is InChI=1S/C11H15N5/c1-7-4-10-14-15-11(16(10)6-13-7)5-9(12)8-2-3-8/h4,6,8-9H,2-3,5,12H2,1H3. The molecular weight excluding hydrogens is 202 g/mol. The fourth-order valence-electron chi connectivity index (χ4n) is 1.98. The van der Waals surface area contributed by atoms with Crippen LogP contribution in [0.5, 0.6) is 0 Å². The summed E-state index contributed by atoms with van der Waals surface area (Å²) in [6.45, 7) is 1.95.